The van der Waals surface area contributed by atoms with Gasteiger partial charge in [0.25, 0.3) is 0 Å². The lowest BCUT2D eigenvalue weighted by atomic mass is 9.94. The number of nitrogens with zero attached hydrogens (tertiary/aromatic N) is 6. The minimum Gasteiger partial charge on any atom is -0.463 e. The van der Waals surface area contributed by atoms with Gasteiger partial charge in [0.2, 0.25) is 0 Å². The molecule has 7 heterocycles. The Morgan fingerprint density at radius 3 is 2.70 bits per heavy atom. The molecule has 3 saturated heterocycles. The second kappa shape index (κ2) is 11.4. The zero-order chi connectivity index (χ0) is 31.7. The Kier molecular flexibility index (Phi) is 7.42. The monoisotopic (exact) mass is 670 g/mol. The lowest BCUT2D eigenvalue weighted by molar-refractivity contribution is -0.137. The number of anilines is 1. The number of pyridine rings is 1. The highest BCUT2D eigenvalue weighted by molar-refractivity contribution is 7.81. The summed E-state index contributed by atoms with van der Waals surface area (Å²) in [6.45, 7) is 4.87. The molecule has 3 aliphatic heterocycles. The zero-order valence-corrected chi connectivity index (χ0v) is 27.0. The van der Waals surface area contributed by atoms with Crippen molar-refractivity contribution in [1.29, 1.82) is 0 Å². The van der Waals surface area contributed by atoms with Crippen LogP contribution in [0.25, 0.3) is 42.5 Å². The Morgan fingerprint density at radius 2 is 1.93 bits per heavy atom. The van der Waals surface area contributed by atoms with E-state index in [0.717, 1.165) is 61.9 Å². The predicted molar refractivity (Wildman–Crippen MR) is 174 cm³/mol. The van der Waals surface area contributed by atoms with Gasteiger partial charge in [0.15, 0.2) is 0 Å². The highest BCUT2D eigenvalue weighted by Crippen LogP contribution is 2.48. The summed E-state index contributed by atoms with van der Waals surface area (Å²) in [5.41, 5.74) is 0.143. The molecule has 242 valence electrons. The first-order chi connectivity index (χ1) is 22.1. The van der Waals surface area contributed by atoms with Crippen LogP contribution in [0.2, 0.25) is 0 Å². The molecule has 1 aromatic carbocycles. The average Bonchev–Trinajstić information content (AvgIpc) is 3.74. The van der Waals surface area contributed by atoms with E-state index in [4.69, 9.17) is 14.7 Å². The van der Waals surface area contributed by atoms with Crippen LogP contribution in [-0.2, 0) is 17.2 Å². The highest BCUT2D eigenvalue weighted by atomic mass is 32.2. The number of aromatic nitrogens is 5. The van der Waals surface area contributed by atoms with E-state index in [1.165, 1.54) is 30.5 Å². The smallest absolute Gasteiger partial charge is 0.417 e. The molecule has 4 unspecified atom stereocenters. The summed E-state index contributed by atoms with van der Waals surface area (Å²) >= 11 is 1.31. The van der Waals surface area contributed by atoms with Crippen molar-refractivity contribution in [2.24, 2.45) is 5.92 Å². The van der Waals surface area contributed by atoms with Crippen molar-refractivity contribution in [3.05, 3.63) is 35.7 Å². The largest absolute Gasteiger partial charge is 0.463 e. The molecule has 2 bridgehead atoms. The molecule has 0 spiro atoms. The third kappa shape index (κ3) is 5.20. The number of benzene rings is 1. The van der Waals surface area contributed by atoms with Crippen molar-refractivity contribution in [3.63, 3.8) is 0 Å². The third-order valence-electron chi connectivity index (χ3n) is 9.48. The highest BCUT2D eigenvalue weighted by Gasteiger charge is 2.39. The summed E-state index contributed by atoms with van der Waals surface area (Å²) in [5.74, 6) is 0.920. The van der Waals surface area contributed by atoms with E-state index in [2.05, 4.69) is 25.4 Å². The van der Waals surface area contributed by atoms with Gasteiger partial charge in [-0.1, -0.05) is 0 Å². The number of piperidine rings is 1. The van der Waals surface area contributed by atoms with Gasteiger partial charge in [-0.3, -0.25) is 10.1 Å². The number of nitrogens with one attached hydrogen (secondary N) is 2. The fraction of sp³-hybridized carbons (Fsp3) is 0.484. The van der Waals surface area contributed by atoms with Crippen LogP contribution in [0.1, 0.15) is 36.8 Å². The number of aryl methyl sites for hydroxylation is 1. The third-order valence-corrected chi connectivity index (χ3v) is 11.6. The molecule has 8 rings (SSSR count). The number of halogens is 3. The van der Waals surface area contributed by atoms with Gasteiger partial charge in [0, 0.05) is 73.0 Å². The number of piperazine rings is 1. The van der Waals surface area contributed by atoms with Crippen molar-refractivity contribution >= 4 is 59.3 Å². The number of rotatable bonds is 6. The molecular weight excluding hydrogens is 638 g/mol. The van der Waals surface area contributed by atoms with Crippen LogP contribution < -0.4 is 15.0 Å². The fourth-order valence-corrected chi connectivity index (χ4v) is 9.39. The second-order valence-electron chi connectivity index (χ2n) is 12.6. The molecule has 3 fully saturated rings. The number of aromatic amines is 1. The normalized spacial score (nSPS) is 23.2. The van der Waals surface area contributed by atoms with Gasteiger partial charge in [0.1, 0.15) is 10.6 Å². The van der Waals surface area contributed by atoms with Gasteiger partial charge >= 0.3 is 12.2 Å². The van der Waals surface area contributed by atoms with Gasteiger partial charge in [-0.2, -0.15) is 28.2 Å². The number of ether oxygens (including phenoxy) is 1. The van der Waals surface area contributed by atoms with Crippen LogP contribution in [0, 0.1) is 12.8 Å². The number of fused-ring (bicyclic) bond motifs is 6. The Hall–Kier alpha value is -3.40. The second-order valence-corrected chi connectivity index (χ2v) is 15.0. The number of alkyl halides is 3. The van der Waals surface area contributed by atoms with E-state index >= 15 is 0 Å². The summed E-state index contributed by atoms with van der Waals surface area (Å²) in [4.78, 5) is 17.3. The van der Waals surface area contributed by atoms with Crippen LogP contribution >= 0.6 is 11.3 Å². The Bertz CT molecular complexity index is 1980. The van der Waals surface area contributed by atoms with Crippen LogP contribution in [-0.4, -0.2) is 84.8 Å². The van der Waals surface area contributed by atoms with Crippen LogP contribution in [0.15, 0.2) is 24.5 Å². The lowest BCUT2D eigenvalue weighted by Gasteiger charge is -2.34. The van der Waals surface area contributed by atoms with Gasteiger partial charge in [-0.25, -0.2) is 8.51 Å². The molecule has 10 nitrogen and oxygen atoms in total. The number of H-pyrrole nitrogens is 1. The molecule has 15 heteroatoms. The molecule has 4 aromatic heterocycles. The molecule has 3 aliphatic rings. The topological polar surface area (TPSA) is 112 Å². The van der Waals surface area contributed by atoms with E-state index in [1.54, 1.807) is 12.5 Å². The Balaban J connectivity index is 1.28. The molecule has 0 aliphatic carbocycles. The predicted octanol–water partition coefficient (Wildman–Crippen LogP) is 5.43. The van der Waals surface area contributed by atoms with Gasteiger partial charge in [0.05, 0.1) is 50.6 Å². The summed E-state index contributed by atoms with van der Waals surface area (Å²) in [6, 6.07) is 4.26. The van der Waals surface area contributed by atoms with Crippen LogP contribution in [0.5, 0.6) is 6.01 Å². The number of thiophene rings is 1. The van der Waals surface area contributed by atoms with Gasteiger partial charge in [-0.15, -0.1) is 11.3 Å². The first-order valence-corrected chi connectivity index (χ1v) is 17.8. The maximum atomic E-state index is 14.7. The van der Waals surface area contributed by atoms with E-state index in [1.807, 2.05) is 10.4 Å². The first kappa shape index (κ1) is 30.0. The molecule has 5 aromatic rings. The van der Waals surface area contributed by atoms with Crippen molar-refractivity contribution in [1.82, 2.24) is 34.8 Å². The van der Waals surface area contributed by atoms with Crippen LogP contribution in [0.3, 0.4) is 0 Å². The molecular formula is C31H33F3N8O2S2. The van der Waals surface area contributed by atoms with E-state index < -0.39 is 22.7 Å². The zero-order valence-electron chi connectivity index (χ0n) is 25.4. The SMILES string of the molecule is Cc1cc2[nH]ncc2c(-c2nccc3c2sc2nc(OCC4CCCN(S(C)=O)C4)nc(N4CC5CCC(C4)N5)c23)c1C(F)(F)F. The minimum absolute atomic E-state index is 0.00905. The van der Waals surface area contributed by atoms with Crippen molar-refractivity contribution < 1.29 is 22.1 Å². The Morgan fingerprint density at radius 1 is 1.13 bits per heavy atom. The standard InChI is InChI=1S/C31H33F3N8O2S2/c1-16-10-22-21(11-36-40-22)23(25(16)31(32,33)34)26-27-20(7-8-35-26)24-28(41-13-18-5-6-19(14-41)37-18)38-30(39-29(24)45-27)44-15-17-4-3-9-42(12-17)46(2)43/h7-8,10-11,17-19,37H,3-6,9,12-15H2,1-2H3,(H,36,40). The summed E-state index contributed by atoms with van der Waals surface area (Å²) in [5, 5.41) is 12.5. The fourth-order valence-electron chi connectivity index (χ4n) is 7.43. The first-order valence-electron chi connectivity index (χ1n) is 15.5. The minimum atomic E-state index is -4.60. The molecule has 0 saturated carbocycles. The van der Waals surface area contributed by atoms with Crippen molar-refractivity contribution in [3.8, 4) is 17.3 Å². The Labute approximate surface area is 269 Å². The van der Waals surface area contributed by atoms with Crippen LogP contribution in [0.4, 0.5) is 19.0 Å². The molecule has 0 amide bonds. The number of hydrogen-bond donors (Lipinski definition) is 2. The quantitative estimate of drug-likeness (QED) is 0.246. The summed E-state index contributed by atoms with van der Waals surface area (Å²) < 4.78 is 64.9. The molecule has 46 heavy (non-hydrogen) atoms. The molecule has 2 N–H and O–H groups in total. The molecule has 0 radical (unpaired) electrons. The maximum absolute atomic E-state index is 14.7. The van der Waals surface area contributed by atoms with Gasteiger partial charge in [-0.05, 0) is 50.3 Å². The van der Waals surface area contributed by atoms with Crippen molar-refractivity contribution in [2.75, 3.05) is 43.9 Å². The average molecular weight is 671 g/mol. The maximum Gasteiger partial charge on any atom is 0.417 e. The summed E-state index contributed by atoms with van der Waals surface area (Å²) in [6.07, 6.45) is 4.17. The molecule has 4 atom stereocenters. The lowest BCUT2D eigenvalue weighted by Crippen LogP contribution is -2.51. The van der Waals surface area contributed by atoms with E-state index in [-0.39, 0.29) is 28.7 Å². The number of hydrogen-bond acceptors (Lipinski definition) is 9. The van der Waals surface area contributed by atoms with E-state index in [0.29, 0.717) is 45.7 Å². The van der Waals surface area contributed by atoms with E-state index in [9.17, 15) is 17.4 Å². The van der Waals surface area contributed by atoms with Crippen molar-refractivity contribution in [2.45, 2.75) is 50.9 Å². The summed E-state index contributed by atoms with van der Waals surface area (Å²) in [7, 11) is -1.04. The van der Waals surface area contributed by atoms with Gasteiger partial charge < -0.3 is 15.0 Å².